The molecule has 1 amide bonds. The lowest BCUT2D eigenvalue weighted by Gasteiger charge is -2.22. The minimum atomic E-state index is -0.0407. The van der Waals surface area contributed by atoms with Crippen molar-refractivity contribution in [2.24, 2.45) is 11.7 Å². The van der Waals surface area contributed by atoms with Crippen molar-refractivity contribution in [2.75, 3.05) is 25.0 Å². The molecule has 5 nitrogen and oxygen atoms in total. The van der Waals surface area contributed by atoms with Gasteiger partial charge in [0.05, 0.1) is 12.1 Å². The van der Waals surface area contributed by atoms with Crippen molar-refractivity contribution in [3.63, 3.8) is 0 Å². The third kappa shape index (κ3) is 4.97. The molecular formula is C15H24N4OS. The van der Waals surface area contributed by atoms with Crippen LogP contribution < -0.4 is 16.0 Å². The van der Waals surface area contributed by atoms with E-state index in [1.807, 2.05) is 27.0 Å². The Bertz CT molecular complexity index is 543. The van der Waals surface area contributed by atoms with E-state index in [4.69, 9.17) is 18.0 Å². The zero-order valence-electron chi connectivity index (χ0n) is 13.4. The summed E-state index contributed by atoms with van der Waals surface area (Å²) in [5, 5.41) is 2.89. The molecule has 21 heavy (non-hydrogen) atoms. The summed E-state index contributed by atoms with van der Waals surface area (Å²) in [5.74, 6) is 1.03. The first-order chi connectivity index (χ1) is 9.72. The molecular weight excluding hydrogens is 284 g/mol. The topological polar surface area (TPSA) is 71.2 Å². The molecule has 0 aliphatic carbocycles. The van der Waals surface area contributed by atoms with E-state index in [1.54, 1.807) is 4.90 Å². The number of nitrogens with two attached hydrogens (primary N) is 1. The Morgan fingerprint density at radius 1 is 1.48 bits per heavy atom. The first kappa shape index (κ1) is 17.4. The molecule has 1 aromatic rings. The summed E-state index contributed by atoms with van der Waals surface area (Å²) in [6.07, 6.45) is 0. The molecule has 0 atom stereocenters. The van der Waals surface area contributed by atoms with E-state index in [0.29, 0.717) is 23.3 Å². The molecule has 0 unspecified atom stereocenters. The van der Waals surface area contributed by atoms with Gasteiger partial charge in [-0.1, -0.05) is 26.1 Å². The number of aromatic nitrogens is 1. The van der Waals surface area contributed by atoms with E-state index in [-0.39, 0.29) is 12.5 Å². The first-order valence-corrected chi connectivity index (χ1v) is 7.39. The van der Waals surface area contributed by atoms with Gasteiger partial charge in [-0.2, -0.15) is 0 Å². The third-order valence-corrected chi connectivity index (χ3v) is 3.23. The first-order valence-electron chi connectivity index (χ1n) is 6.98. The average molecular weight is 308 g/mol. The highest BCUT2D eigenvalue weighted by atomic mass is 32.1. The SMILES string of the molecule is Cc1cc(C)c(C(N)=S)c(N(C)CC(=O)NCC(C)C)n1. The largest absolute Gasteiger partial charge is 0.389 e. The van der Waals surface area contributed by atoms with Gasteiger partial charge in [-0.25, -0.2) is 4.98 Å². The molecule has 0 spiro atoms. The summed E-state index contributed by atoms with van der Waals surface area (Å²) >= 11 is 5.11. The quantitative estimate of drug-likeness (QED) is 0.780. The van der Waals surface area contributed by atoms with Crippen LogP contribution in [0, 0.1) is 19.8 Å². The Morgan fingerprint density at radius 3 is 2.62 bits per heavy atom. The van der Waals surface area contributed by atoms with Crippen molar-refractivity contribution >= 4 is 28.9 Å². The highest BCUT2D eigenvalue weighted by molar-refractivity contribution is 7.80. The number of aryl methyl sites for hydroxylation is 2. The molecule has 1 rings (SSSR count). The van der Waals surface area contributed by atoms with Gasteiger partial charge >= 0.3 is 0 Å². The third-order valence-electron chi connectivity index (χ3n) is 3.02. The van der Waals surface area contributed by atoms with E-state index >= 15 is 0 Å². The van der Waals surface area contributed by atoms with Crippen LogP contribution in [0.15, 0.2) is 6.07 Å². The fourth-order valence-corrected chi connectivity index (χ4v) is 2.31. The molecule has 0 fully saturated rings. The molecule has 0 saturated carbocycles. The van der Waals surface area contributed by atoms with Crippen molar-refractivity contribution in [2.45, 2.75) is 27.7 Å². The van der Waals surface area contributed by atoms with E-state index in [2.05, 4.69) is 24.1 Å². The summed E-state index contributed by atoms with van der Waals surface area (Å²) in [7, 11) is 1.82. The summed E-state index contributed by atoms with van der Waals surface area (Å²) in [5.41, 5.74) is 8.37. The molecule has 116 valence electrons. The minimum absolute atomic E-state index is 0.0407. The number of likely N-dealkylation sites (N-methyl/N-ethyl adjacent to an activating group) is 1. The maximum atomic E-state index is 11.9. The summed E-state index contributed by atoms with van der Waals surface area (Å²) in [4.78, 5) is 18.5. The van der Waals surface area contributed by atoms with Crippen LogP contribution in [0.3, 0.4) is 0 Å². The van der Waals surface area contributed by atoms with Crippen LogP contribution in [0.4, 0.5) is 5.82 Å². The molecule has 0 aliphatic heterocycles. The number of carbonyl (C=O) groups is 1. The van der Waals surface area contributed by atoms with Gasteiger partial charge in [0.2, 0.25) is 5.91 Å². The standard InChI is InChI=1S/C15H24N4OS/c1-9(2)7-17-12(20)8-19(5)15-13(14(16)21)10(3)6-11(4)18-15/h6,9H,7-8H2,1-5H3,(H2,16,21)(H,17,20). The van der Waals surface area contributed by atoms with Crippen molar-refractivity contribution in [1.82, 2.24) is 10.3 Å². The molecule has 0 aliphatic rings. The van der Waals surface area contributed by atoms with Gasteiger partial charge < -0.3 is 16.0 Å². The number of amides is 1. The highest BCUT2D eigenvalue weighted by Gasteiger charge is 2.17. The van der Waals surface area contributed by atoms with E-state index in [0.717, 1.165) is 16.8 Å². The predicted molar refractivity (Wildman–Crippen MR) is 90.7 cm³/mol. The van der Waals surface area contributed by atoms with E-state index < -0.39 is 0 Å². The van der Waals surface area contributed by atoms with Crippen molar-refractivity contribution in [3.05, 3.63) is 22.9 Å². The van der Waals surface area contributed by atoms with Crippen LogP contribution in [0.25, 0.3) is 0 Å². The number of nitrogens with one attached hydrogen (secondary N) is 1. The molecule has 0 aromatic carbocycles. The van der Waals surface area contributed by atoms with Crippen LogP contribution in [0.2, 0.25) is 0 Å². The second-order valence-electron chi connectivity index (χ2n) is 5.70. The predicted octanol–water partition coefficient (Wildman–Crippen LogP) is 1.54. The lowest BCUT2D eigenvalue weighted by atomic mass is 10.1. The molecule has 1 heterocycles. The molecule has 0 bridgehead atoms. The zero-order valence-corrected chi connectivity index (χ0v) is 14.2. The van der Waals surface area contributed by atoms with Crippen molar-refractivity contribution in [1.29, 1.82) is 0 Å². The highest BCUT2D eigenvalue weighted by Crippen LogP contribution is 2.21. The van der Waals surface area contributed by atoms with Crippen LogP contribution in [-0.4, -0.2) is 36.0 Å². The smallest absolute Gasteiger partial charge is 0.239 e. The lowest BCUT2D eigenvalue weighted by Crippen LogP contribution is -2.38. The van der Waals surface area contributed by atoms with Crippen LogP contribution in [-0.2, 0) is 4.79 Å². The van der Waals surface area contributed by atoms with E-state index in [1.165, 1.54) is 0 Å². The van der Waals surface area contributed by atoms with Crippen LogP contribution in [0.1, 0.15) is 30.7 Å². The number of nitrogens with zero attached hydrogens (tertiary/aromatic N) is 2. The fraction of sp³-hybridized carbons (Fsp3) is 0.533. The van der Waals surface area contributed by atoms with Gasteiger partial charge in [0.1, 0.15) is 10.8 Å². The summed E-state index contributed by atoms with van der Waals surface area (Å²) in [6.45, 7) is 8.85. The van der Waals surface area contributed by atoms with Gasteiger partial charge in [-0.15, -0.1) is 0 Å². The Balaban J connectivity index is 2.94. The second kappa shape index (κ2) is 7.36. The van der Waals surface area contributed by atoms with E-state index in [9.17, 15) is 4.79 Å². The zero-order chi connectivity index (χ0) is 16.2. The molecule has 0 saturated heterocycles. The number of thiocarbonyl (C=S) groups is 1. The van der Waals surface area contributed by atoms with Gasteiger partial charge in [0.25, 0.3) is 0 Å². The molecule has 3 N–H and O–H groups in total. The van der Waals surface area contributed by atoms with Crippen LogP contribution in [0.5, 0.6) is 0 Å². The number of rotatable bonds is 6. The van der Waals surface area contributed by atoms with Gasteiger partial charge in [0, 0.05) is 19.3 Å². The van der Waals surface area contributed by atoms with Gasteiger partial charge in [0.15, 0.2) is 0 Å². The monoisotopic (exact) mass is 308 g/mol. The number of hydrogen-bond donors (Lipinski definition) is 2. The van der Waals surface area contributed by atoms with Gasteiger partial charge in [-0.3, -0.25) is 4.79 Å². The van der Waals surface area contributed by atoms with Gasteiger partial charge in [-0.05, 0) is 31.4 Å². The number of anilines is 1. The Morgan fingerprint density at radius 2 is 2.10 bits per heavy atom. The number of pyridine rings is 1. The molecule has 6 heteroatoms. The second-order valence-corrected chi connectivity index (χ2v) is 6.14. The maximum Gasteiger partial charge on any atom is 0.239 e. The van der Waals surface area contributed by atoms with Crippen molar-refractivity contribution in [3.8, 4) is 0 Å². The fourth-order valence-electron chi connectivity index (χ4n) is 2.06. The lowest BCUT2D eigenvalue weighted by molar-refractivity contribution is -0.119. The summed E-state index contributed by atoms with van der Waals surface area (Å²) in [6, 6.07) is 1.94. The minimum Gasteiger partial charge on any atom is -0.389 e. The van der Waals surface area contributed by atoms with Crippen LogP contribution >= 0.6 is 12.2 Å². The maximum absolute atomic E-state index is 11.9. The molecule has 0 radical (unpaired) electrons. The Labute approximate surface area is 131 Å². The van der Waals surface area contributed by atoms with Crippen molar-refractivity contribution < 1.29 is 4.79 Å². The summed E-state index contributed by atoms with van der Waals surface area (Å²) < 4.78 is 0. The Kier molecular flexibility index (Phi) is 6.08. The molecule has 1 aromatic heterocycles. The Hall–Kier alpha value is -1.69. The normalized spacial score (nSPS) is 10.6. The average Bonchev–Trinajstić information content (AvgIpc) is 2.34. The number of hydrogen-bond acceptors (Lipinski definition) is 4. The number of carbonyl (C=O) groups excluding carboxylic acids is 1.